The molecule has 0 atom stereocenters. The van der Waals surface area contributed by atoms with Gasteiger partial charge in [0.05, 0.1) is 7.11 Å². The third-order valence-corrected chi connectivity index (χ3v) is 5.71. The predicted octanol–water partition coefficient (Wildman–Crippen LogP) is 4.04. The van der Waals surface area contributed by atoms with E-state index in [9.17, 15) is 14.0 Å². The number of anilines is 1. The third-order valence-electron chi connectivity index (χ3n) is 5.71. The molecule has 0 aliphatic carbocycles. The summed E-state index contributed by atoms with van der Waals surface area (Å²) in [5.74, 6) is -0.361. The maximum atomic E-state index is 13.9. The lowest BCUT2D eigenvalue weighted by Crippen LogP contribution is -2.48. The molecule has 3 aromatic carbocycles. The molecule has 0 unspecified atom stereocenters. The van der Waals surface area contributed by atoms with Gasteiger partial charge in [-0.25, -0.2) is 4.39 Å². The predicted molar refractivity (Wildman–Crippen MR) is 125 cm³/mol. The number of hydrogen-bond donors (Lipinski definition) is 1. The quantitative estimate of drug-likeness (QED) is 0.620. The van der Waals surface area contributed by atoms with Gasteiger partial charge in [-0.2, -0.15) is 0 Å². The Labute approximate surface area is 192 Å². The topological polar surface area (TPSA) is 61.9 Å². The number of piperazine rings is 1. The van der Waals surface area contributed by atoms with E-state index in [4.69, 9.17) is 4.74 Å². The van der Waals surface area contributed by atoms with Crippen LogP contribution < -0.4 is 10.1 Å². The number of nitrogens with one attached hydrogen (secondary N) is 1. The van der Waals surface area contributed by atoms with E-state index >= 15 is 0 Å². The number of benzene rings is 3. The highest BCUT2D eigenvalue weighted by atomic mass is 19.1. The number of ether oxygens (including phenoxy) is 1. The maximum absolute atomic E-state index is 13.9. The number of hydrogen-bond acceptors (Lipinski definition) is 4. The molecule has 0 saturated carbocycles. The van der Waals surface area contributed by atoms with Gasteiger partial charge >= 0.3 is 0 Å². The average Bonchev–Trinajstić information content (AvgIpc) is 2.85. The molecule has 33 heavy (non-hydrogen) atoms. The zero-order valence-corrected chi connectivity index (χ0v) is 18.5. The van der Waals surface area contributed by atoms with Crippen molar-refractivity contribution < 1.29 is 18.7 Å². The summed E-state index contributed by atoms with van der Waals surface area (Å²) in [5, 5.41) is 2.84. The second-order valence-corrected chi connectivity index (χ2v) is 7.93. The van der Waals surface area contributed by atoms with Crippen LogP contribution >= 0.6 is 0 Å². The minimum absolute atomic E-state index is 0.0360. The molecule has 7 heteroatoms. The van der Waals surface area contributed by atoms with Gasteiger partial charge in [0.2, 0.25) is 0 Å². The van der Waals surface area contributed by atoms with Crippen molar-refractivity contribution in [2.75, 3.05) is 38.6 Å². The van der Waals surface area contributed by atoms with Gasteiger partial charge in [-0.3, -0.25) is 14.5 Å². The minimum Gasteiger partial charge on any atom is -0.494 e. The Morgan fingerprint density at radius 1 is 0.909 bits per heavy atom. The lowest BCUT2D eigenvalue weighted by Gasteiger charge is -2.34. The highest BCUT2D eigenvalue weighted by Crippen LogP contribution is 2.20. The lowest BCUT2D eigenvalue weighted by atomic mass is 10.1. The van der Waals surface area contributed by atoms with Crippen molar-refractivity contribution in [3.05, 3.63) is 95.3 Å². The van der Waals surface area contributed by atoms with Crippen LogP contribution in [0.5, 0.6) is 5.75 Å². The fourth-order valence-corrected chi connectivity index (χ4v) is 3.85. The molecular formula is C26H26FN3O3. The van der Waals surface area contributed by atoms with E-state index in [2.05, 4.69) is 10.2 Å². The van der Waals surface area contributed by atoms with Gasteiger partial charge in [0.1, 0.15) is 0 Å². The molecule has 2 amide bonds. The normalized spacial score (nSPS) is 14.1. The number of halogens is 1. The number of carbonyl (C=O) groups is 2. The molecule has 0 spiro atoms. The van der Waals surface area contributed by atoms with Crippen LogP contribution in [0.4, 0.5) is 10.1 Å². The van der Waals surface area contributed by atoms with E-state index in [1.807, 2.05) is 29.2 Å². The molecule has 4 rings (SSSR count). The van der Waals surface area contributed by atoms with Crippen molar-refractivity contribution >= 4 is 17.5 Å². The molecule has 0 aromatic heterocycles. The van der Waals surface area contributed by atoms with Gasteiger partial charge in [-0.1, -0.05) is 24.3 Å². The van der Waals surface area contributed by atoms with Gasteiger partial charge in [0.15, 0.2) is 11.6 Å². The molecule has 1 N–H and O–H groups in total. The maximum Gasteiger partial charge on any atom is 0.255 e. The smallest absolute Gasteiger partial charge is 0.255 e. The van der Waals surface area contributed by atoms with E-state index < -0.39 is 0 Å². The molecule has 1 aliphatic rings. The first kappa shape index (κ1) is 22.5. The molecule has 0 radical (unpaired) electrons. The molecule has 1 saturated heterocycles. The lowest BCUT2D eigenvalue weighted by molar-refractivity contribution is 0.0628. The summed E-state index contributed by atoms with van der Waals surface area (Å²) in [7, 11) is 1.45. The Morgan fingerprint density at radius 3 is 2.24 bits per heavy atom. The van der Waals surface area contributed by atoms with Crippen LogP contribution in [0.1, 0.15) is 26.3 Å². The Morgan fingerprint density at radius 2 is 1.61 bits per heavy atom. The van der Waals surface area contributed by atoms with Crippen LogP contribution in [0.3, 0.4) is 0 Å². The van der Waals surface area contributed by atoms with Gasteiger partial charge < -0.3 is 15.0 Å². The van der Waals surface area contributed by atoms with Crippen molar-refractivity contribution in [3.8, 4) is 5.75 Å². The zero-order chi connectivity index (χ0) is 23.2. The zero-order valence-electron chi connectivity index (χ0n) is 18.5. The second kappa shape index (κ2) is 10.3. The first-order valence-corrected chi connectivity index (χ1v) is 10.8. The Balaban J connectivity index is 1.29. The van der Waals surface area contributed by atoms with Crippen LogP contribution in [0.2, 0.25) is 0 Å². The van der Waals surface area contributed by atoms with E-state index in [0.29, 0.717) is 49.5 Å². The summed E-state index contributed by atoms with van der Waals surface area (Å²) in [6.45, 7) is 3.25. The molecule has 0 bridgehead atoms. The van der Waals surface area contributed by atoms with Crippen molar-refractivity contribution in [1.82, 2.24) is 9.80 Å². The fraction of sp³-hybridized carbons (Fsp3) is 0.231. The standard InChI is InChI=1S/C26H26FN3O3/c1-33-24-12-7-19(17-23(24)27)18-29-13-15-30(16-14-29)26(32)21-8-10-22(11-9-21)28-25(31)20-5-3-2-4-6-20/h2-12,17H,13-16,18H2,1H3,(H,28,31). The summed E-state index contributed by atoms with van der Waals surface area (Å²) < 4.78 is 18.9. The summed E-state index contributed by atoms with van der Waals surface area (Å²) in [5.41, 5.74) is 2.67. The van der Waals surface area contributed by atoms with Crippen LogP contribution in [0.15, 0.2) is 72.8 Å². The first-order chi connectivity index (χ1) is 16.0. The molecule has 3 aromatic rings. The monoisotopic (exact) mass is 447 g/mol. The Kier molecular flexibility index (Phi) is 7.00. The van der Waals surface area contributed by atoms with Gasteiger partial charge in [0, 0.05) is 49.5 Å². The summed E-state index contributed by atoms with van der Waals surface area (Å²) in [4.78, 5) is 29.2. The van der Waals surface area contributed by atoms with Crippen LogP contribution in [-0.2, 0) is 6.54 Å². The molecule has 1 fully saturated rings. The third kappa shape index (κ3) is 5.56. The minimum atomic E-state index is -0.368. The molecular weight excluding hydrogens is 421 g/mol. The number of carbonyl (C=O) groups excluding carboxylic acids is 2. The summed E-state index contributed by atoms with van der Waals surface area (Å²) in [6, 6.07) is 20.9. The van der Waals surface area contributed by atoms with E-state index in [1.54, 1.807) is 42.5 Å². The molecule has 1 heterocycles. The molecule has 170 valence electrons. The van der Waals surface area contributed by atoms with Crippen molar-refractivity contribution in [2.24, 2.45) is 0 Å². The van der Waals surface area contributed by atoms with Crippen molar-refractivity contribution in [2.45, 2.75) is 6.54 Å². The number of amides is 2. The fourth-order valence-electron chi connectivity index (χ4n) is 3.85. The van der Waals surface area contributed by atoms with E-state index in [1.165, 1.54) is 13.2 Å². The highest BCUT2D eigenvalue weighted by molar-refractivity contribution is 6.04. The largest absolute Gasteiger partial charge is 0.494 e. The van der Waals surface area contributed by atoms with Gasteiger partial charge in [-0.05, 0) is 54.1 Å². The number of rotatable bonds is 6. The average molecular weight is 448 g/mol. The second-order valence-electron chi connectivity index (χ2n) is 7.93. The van der Waals surface area contributed by atoms with Crippen molar-refractivity contribution in [3.63, 3.8) is 0 Å². The Bertz CT molecular complexity index is 1110. The SMILES string of the molecule is COc1ccc(CN2CCN(C(=O)c3ccc(NC(=O)c4ccccc4)cc3)CC2)cc1F. The van der Waals surface area contributed by atoms with Crippen molar-refractivity contribution in [1.29, 1.82) is 0 Å². The highest BCUT2D eigenvalue weighted by Gasteiger charge is 2.22. The summed E-state index contributed by atoms with van der Waals surface area (Å²) in [6.07, 6.45) is 0. The summed E-state index contributed by atoms with van der Waals surface area (Å²) >= 11 is 0. The van der Waals surface area contributed by atoms with Crippen LogP contribution in [0.25, 0.3) is 0 Å². The number of methoxy groups -OCH3 is 1. The number of nitrogens with zero attached hydrogens (tertiary/aromatic N) is 2. The van der Waals surface area contributed by atoms with E-state index in [0.717, 1.165) is 5.56 Å². The van der Waals surface area contributed by atoms with E-state index in [-0.39, 0.29) is 23.4 Å². The molecule has 1 aliphatic heterocycles. The van der Waals surface area contributed by atoms with Crippen LogP contribution in [-0.4, -0.2) is 54.9 Å². The Hall–Kier alpha value is -3.71. The van der Waals surface area contributed by atoms with Gasteiger partial charge in [0.25, 0.3) is 11.8 Å². The van der Waals surface area contributed by atoms with Gasteiger partial charge in [-0.15, -0.1) is 0 Å². The molecule has 6 nitrogen and oxygen atoms in total. The van der Waals surface area contributed by atoms with Crippen LogP contribution in [0, 0.1) is 5.82 Å². The first-order valence-electron chi connectivity index (χ1n) is 10.8.